The van der Waals surface area contributed by atoms with E-state index < -0.39 is 0 Å². The molecule has 96 valence electrons. The number of ether oxygens (including phenoxy) is 1. The van der Waals surface area contributed by atoms with Crippen LogP contribution >= 0.6 is 11.6 Å². The zero-order chi connectivity index (χ0) is 13.4. The maximum Gasteiger partial charge on any atom is 0.181 e. The number of rotatable bonds is 2. The molecule has 4 nitrogen and oxygen atoms in total. The van der Waals surface area contributed by atoms with Crippen LogP contribution in [0, 0.1) is 0 Å². The highest BCUT2D eigenvalue weighted by Gasteiger charge is 2.15. The van der Waals surface area contributed by atoms with E-state index in [1.54, 1.807) is 11.5 Å². The predicted molar refractivity (Wildman–Crippen MR) is 76.6 cm³/mol. The molecule has 0 saturated carbocycles. The van der Waals surface area contributed by atoms with Crippen LogP contribution in [0.2, 0.25) is 5.02 Å². The molecule has 0 spiro atoms. The number of fused-ring (bicyclic) bond motifs is 1. The Bertz CT molecular complexity index is 752. The van der Waals surface area contributed by atoms with Crippen LogP contribution in [0.3, 0.4) is 0 Å². The van der Waals surface area contributed by atoms with Crippen molar-refractivity contribution in [3.05, 3.63) is 47.6 Å². The summed E-state index contributed by atoms with van der Waals surface area (Å²) in [7, 11) is 1.61. The zero-order valence-corrected chi connectivity index (χ0v) is 11.1. The topological polar surface area (TPSA) is 52.5 Å². The summed E-state index contributed by atoms with van der Waals surface area (Å²) < 4.78 is 7.08. The SMILES string of the molecule is COc1cccn2c(N)c(-c3ccccc3Cl)nc12. The third-order valence-electron chi connectivity index (χ3n) is 3.00. The molecular weight excluding hydrogens is 262 g/mol. The zero-order valence-electron chi connectivity index (χ0n) is 10.3. The van der Waals surface area contributed by atoms with Crippen molar-refractivity contribution in [2.24, 2.45) is 0 Å². The largest absolute Gasteiger partial charge is 0.493 e. The summed E-state index contributed by atoms with van der Waals surface area (Å²) in [4.78, 5) is 4.54. The summed E-state index contributed by atoms with van der Waals surface area (Å²) in [5.41, 5.74) is 8.30. The van der Waals surface area contributed by atoms with E-state index in [0.29, 0.717) is 27.9 Å². The number of benzene rings is 1. The van der Waals surface area contributed by atoms with Crippen LogP contribution in [0.15, 0.2) is 42.6 Å². The quantitative estimate of drug-likeness (QED) is 0.780. The average molecular weight is 274 g/mol. The molecule has 3 aromatic rings. The van der Waals surface area contributed by atoms with Crippen molar-refractivity contribution < 1.29 is 4.74 Å². The Hall–Kier alpha value is -2.20. The second kappa shape index (κ2) is 4.48. The number of aromatic nitrogens is 2. The van der Waals surface area contributed by atoms with Crippen LogP contribution in [-0.4, -0.2) is 16.5 Å². The lowest BCUT2D eigenvalue weighted by atomic mass is 10.1. The van der Waals surface area contributed by atoms with Crippen LogP contribution in [-0.2, 0) is 0 Å². The van der Waals surface area contributed by atoms with Gasteiger partial charge in [-0.05, 0) is 18.2 Å². The van der Waals surface area contributed by atoms with Crippen LogP contribution in [0.4, 0.5) is 5.82 Å². The Balaban J connectivity index is 2.32. The van der Waals surface area contributed by atoms with E-state index >= 15 is 0 Å². The number of methoxy groups -OCH3 is 1. The Morgan fingerprint density at radius 2 is 2.00 bits per heavy atom. The van der Waals surface area contributed by atoms with E-state index in [1.807, 2.05) is 42.6 Å². The fraction of sp³-hybridized carbons (Fsp3) is 0.0714. The van der Waals surface area contributed by atoms with Gasteiger partial charge >= 0.3 is 0 Å². The minimum Gasteiger partial charge on any atom is -0.493 e. The van der Waals surface area contributed by atoms with Crippen molar-refractivity contribution in [1.82, 2.24) is 9.38 Å². The Kier molecular flexibility index (Phi) is 2.80. The summed E-state index contributed by atoms with van der Waals surface area (Å²) in [5.74, 6) is 1.22. The molecule has 0 aliphatic carbocycles. The number of nitrogens with zero attached hydrogens (tertiary/aromatic N) is 2. The van der Waals surface area contributed by atoms with Crippen molar-refractivity contribution in [3.8, 4) is 17.0 Å². The normalized spacial score (nSPS) is 10.8. The van der Waals surface area contributed by atoms with Gasteiger partial charge in [-0.1, -0.05) is 29.8 Å². The molecule has 0 saturated heterocycles. The molecule has 1 aromatic carbocycles. The number of imidazole rings is 1. The summed E-state index contributed by atoms with van der Waals surface area (Å²) >= 11 is 6.20. The summed E-state index contributed by atoms with van der Waals surface area (Å²) in [6, 6.07) is 11.2. The van der Waals surface area contributed by atoms with Crippen molar-refractivity contribution in [2.75, 3.05) is 12.8 Å². The lowest BCUT2D eigenvalue weighted by Crippen LogP contribution is -1.95. The van der Waals surface area contributed by atoms with Crippen molar-refractivity contribution in [2.45, 2.75) is 0 Å². The Morgan fingerprint density at radius 3 is 2.74 bits per heavy atom. The molecule has 0 aliphatic rings. The predicted octanol–water partition coefficient (Wildman–Crippen LogP) is 3.25. The number of anilines is 1. The number of hydrogen-bond acceptors (Lipinski definition) is 3. The smallest absolute Gasteiger partial charge is 0.181 e. The monoisotopic (exact) mass is 273 g/mol. The molecule has 0 radical (unpaired) electrons. The third-order valence-corrected chi connectivity index (χ3v) is 3.33. The van der Waals surface area contributed by atoms with E-state index in [2.05, 4.69) is 4.98 Å². The highest BCUT2D eigenvalue weighted by Crippen LogP contribution is 2.33. The van der Waals surface area contributed by atoms with Gasteiger partial charge in [0, 0.05) is 11.8 Å². The van der Waals surface area contributed by atoms with Gasteiger partial charge in [0.2, 0.25) is 0 Å². The molecule has 2 heterocycles. The first-order valence-corrected chi connectivity index (χ1v) is 6.15. The van der Waals surface area contributed by atoms with Gasteiger partial charge < -0.3 is 10.5 Å². The van der Waals surface area contributed by atoms with Gasteiger partial charge in [0.05, 0.1) is 12.1 Å². The number of nitrogens with two attached hydrogens (primary N) is 1. The minimum atomic E-state index is 0.544. The summed E-state index contributed by atoms with van der Waals surface area (Å²) in [6.45, 7) is 0. The third kappa shape index (κ3) is 1.81. The first kappa shape index (κ1) is 11.9. The molecule has 2 N–H and O–H groups in total. The van der Waals surface area contributed by atoms with Crippen molar-refractivity contribution in [3.63, 3.8) is 0 Å². The van der Waals surface area contributed by atoms with E-state index in [-0.39, 0.29) is 0 Å². The second-order valence-corrected chi connectivity index (χ2v) is 4.50. The molecule has 0 bridgehead atoms. The summed E-state index contributed by atoms with van der Waals surface area (Å²) in [5, 5.41) is 0.622. The second-order valence-electron chi connectivity index (χ2n) is 4.10. The highest BCUT2D eigenvalue weighted by molar-refractivity contribution is 6.33. The molecule has 0 fully saturated rings. The van der Waals surface area contributed by atoms with E-state index in [4.69, 9.17) is 22.1 Å². The average Bonchev–Trinajstić information content (AvgIpc) is 2.77. The Labute approximate surface area is 115 Å². The van der Waals surface area contributed by atoms with Crippen molar-refractivity contribution >= 4 is 23.1 Å². The molecule has 0 unspecified atom stereocenters. The number of nitrogen functional groups attached to an aromatic ring is 1. The van der Waals surface area contributed by atoms with E-state index in [0.717, 1.165) is 5.56 Å². The number of hydrogen-bond donors (Lipinski definition) is 1. The fourth-order valence-electron chi connectivity index (χ4n) is 2.07. The van der Waals surface area contributed by atoms with Gasteiger partial charge in [0.25, 0.3) is 0 Å². The summed E-state index contributed by atoms with van der Waals surface area (Å²) in [6.07, 6.45) is 1.85. The minimum absolute atomic E-state index is 0.544. The van der Waals surface area contributed by atoms with Crippen molar-refractivity contribution in [1.29, 1.82) is 0 Å². The van der Waals surface area contributed by atoms with E-state index in [9.17, 15) is 0 Å². The van der Waals surface area contributed by atoms with E-state index in [1.165, 1.54) is 0 Å². The molecule has 19 heavy (non-hydrogen) atoms. The van der Waals surface area contributed by atoms with Crippen LogP contribution in [0.1, 0.15) is 0 Å². The molecular formula is C14H12ClN3O. The van der Waals surface area contributed by atoms with Gasteiger partial charge in [-0.2, -0.15) is 0 Å². The molecule has 5 heteroatoms. The first-order chi connectivity index (χ1) is 9.22. The number of halogens is 1. The Morgan fingerprint density at radius 1 is 1.21 bits per heavy atom. The van der Waals surface area contributed by atoms with Gasteiger partial charge in [-0.15, -0.1) is 0 Å². The maximum absolute atomic E-state index is 6.20. The van der Waals surface area contributed by atoms with Crippen LogP contribution in [0.25, 0.3) is 16.9 Å². The van der Waals surface area contributed by atoms with Gasteiger partial charge in [0.1, 0.15) is 11.5 Å². The molecule has 0 atom stereocenters. The first-order valence-electron chi connectivity index (χ1n) is 5.78. The number of pyridine rings is 1. The van der Waals surface area contributed by atoms with Gasteiger partial charge in [-0.3, -0.25) is 4.40 Å². The van der Waals surface area contributed by atoms with Crippen LogP contribution in [0.5, 0.6) is 5.75 Å². The molecule has 0 aliphatic heterocycles. The fourth-order valence-corrected chi connectivity index (χ4v) is 2.30. The van der Waals surface area contributed by atoms with Gasteiger partial charge in [-0.25, -0.2) is 4.98 Å². The van der Waals surface area contributed by atoms with Gasteiger partial charge in [0.15, 0.2) is 11.4 Å². The highest BCUT2D eigenvalue weighted by atomic mass is 35.5. The standard InChI is InChI=1S/C14H12ClN3O/c1-19-11-7-4-8-18-13(16)12(17-14(11)18)9-5-2-3-6-10(9)15/h2-8H,16H2,1H3. The lowest BCUT2D eigenvalue weighted by Gasteiger charge is -2.02. The molecule has 0 amide bonds. The molecule has 3 rings (SSSR count). The van der Waals surface area contributed by atoms with Crippen LogP contribution < -0.4 is 10.5 Å². The maximum atomic E-state index is 6.20. The molecule has 2 aromatic heterocycles. The lowest BCUT2D eigenvalue weighted by molar-refractivity contribution is 0.417.